The van der Waals surface area contributed by atoms with Crippen LogP contribution in [0.15, 0.2) is 0 Å². The van der Waals surface area contributed by atoms with E-state index in [1.807, 2.05) is 0 Å². The average Bonchev–Trinajstić information content (AvgIpc) is 2.56. The molecule has 0 atom stereocenters. The Kier molecular flexibility index (Phi) is 28.4. The Bertz CT molecular complexity index is 256. The van der Waals surface area contributed by atoms with Gasteiger partial charge in [0.15, 0.2) is 0 Å². The maximum absolute atomic E-state index is 10.4. The first-order valence-electron chi connectivity index (χ1n) is 11.0. The van der Waals surface area contributed by atoms with Gasteiger partial charge in [-0.25, -0.2) is 0 Å². The van der Waals surface area contributed by atoms with Crippen molar-refractivity contribution in [3.8, 4) is 0 Å². The smallest absolute Gasteiger partial charge is 0.303 e. The van der Waals surface area contributed by atoms with Crippen LogP contribution in [-0.2, 0) is 4.79 Å². The zero-order valence-electron chi connectivity index (χ0n) is 17.5. The summed E-state index contributed by atoms with van der Waals surface area (Å²) in [5, 5.41) is 8.56. The van der Waals surface area contributed by atoms with Gasteiger partial charge in [-0.15, -0.1) is 0 Å². The predicted molar refractivity (Wildman–Crippen MR) is 111 cm³/mol. The van der Waals surface area contributed by atoms with Crippen LogP contribution in [0.25, 0.3) is 0 Å². The van der Waals surface area contributed by atoms with Gasteiger partial charge in [-0.2, -0.15) is 0 Å². The zero-order valence-corrected chi connectivity index (χ0v) is 20.6. The summed E-state index contributed by atoms with van der Waals surface area (Å²) in [5.74, 6) is -0.651. The molecule has 0 aromatic carbocycles. The van der Waals surface area contributed by atoms with Gasteiger partial charge in [0.05, 0.1) is 0 Å². The summed E-state index contributed by atoms with van der Waals surface area (Å²) in [6.45, 7) is 2.28. The molecule has 0 unspecified atom stereocenters. The fraction of sp³-hybridized carbons (Fsp3) is 0.955. The van der Waals surface area contributed by atoms with Crippen LogP contribution in [0.2, 0.25) is 0 Å². The topological polar surface area (TPSA) is 37.3 Å². The Labute approximate surface area is 200 Å². The van der Waals surface area contributed by atoms with E-state index in [0.29, 0.717) is 6.42 Å². The summed E-state index contributed by atoms with van der Waals surface area (Å²) >= 11 is 0. The number of unbranched alkanes of at least 4 members (excludes halogenated alkanes) is 18. The van der Waals surface area contributed by atoms with Gasteiger partial charge in [0, 0.05) is 57.8 Å². The van der Waals surface area contributed by atoms with Gasteiger partial charge in [-0.05, 0) is 6.42 Å². The minimum absolute atomic E-state index is 0. The van der Waals surface area contributed by atoms with Crippen molar-refractivity contribution in [3.63, 3.8) is 0 Å². The monoisotopic (exact) mass is 379 g/mol. The number of rotatable bonds is 20. The second-order valence-electron chi connectivity index (χ2n) is 7.51. The molecule has 0 aliphatic heterocycles. The fourth-order valence-electron chi connectivity index (χ4n) is 3.35. The van der Waals surface area contributed by atoms with Crippen LogP contribution in [-0.4, -0.2) is 62.5 Å². The summed E-state index contributed by atoms with van der Waals surface area (Å²) in [7, 11) is 0. The summed E-state index contributed by atoms with van der Waals surface area (Å²) in [4.78, 5) is 10.4. The molecule has 1 radical (unpaired) electrons. The molecule has 145 valence electrons. The third-order valence-corrected chi connectivity index (χ3v) is 4.99. The molecule has 0 aromatic rings. The van der Waals surface area contributed by atoms with Crippen molar-refractivity contribution in [3.05, 3.63) is 0 Å². The van der Waals surface area contributed by atoms with Gasteiger partial charge < -0.3 is 5.11 Å². The van der Waals surface area contributed by atoms with Gasteiger partial charge in [0.2, 0.25) is 0 Å². The van der Waals surface area contributed by atoms with E-state index in [2.05, 4.69) is 6.92 Å². The third-order valence-electron chi connectivity index (χ3n) is 4.99. The molecule has 0 aliphatic carbocycles. The number of aliphatic carboxylic acids is 1. The zero-order chi connectivity index (χ0) is 17.7. The molecule has 0 amide bonds. The van der Waals surface area contributed by atoms with Gasteiger partial charge in [-0.3, -0.25) is 4.79 Å². The second kappa shape index (κ2) is 25.1. The van der Waals surface area contributed by atoms with Crippen molar-refractivity contribution in [1.29, 1.82) is 0 Å². The van der Waals surface area contributed by atoms with E-state index in [0.717, 1.165) is 12.8 Å². The van der Waals surface area contributed by atoms with Crippen molar-refractivity contribution in [1.82, 2.24) is 0 Å². The Morgan fingerprint density at radius 1 is 0.520 bits per heavy atom. The SMILES string of the molecule is CCCCCCCCCCCCCCCCCCCCCC(=O)O.[K]. The molecular formula is C22H44KO2. The summed E-state index contributed by atoms with van der Waals surface area (Å²) < 4.78 is 0. The minimum Gasteiger partial charge on any atom is -0.481 e. The molecule has 0 bridgehead atoms. The number of hydrogen-bond acceptors (Lipinski definition) is 1. The number of carbonyl (C=O) groups is 1. The van der Waals surface area contributed by atoms with Crippen LogP contribution in [0.4, 0.5) is 0 Å². The average molecular weight is 380 g/mol. The summed E-state index contributed by atoms with van der Waals surface area (Å²) in [5.41, 5.74) is 0. The van der Waals surface area contributed by atoms with Crippen molar-refractivity contribution in [2.75, 3.05) is 0 Å². The maximum Gasteiger partial charge on any atom is 0.303 e. The van der Waals surface area contributed by atoms with Crippen LogP contribution in [0.5, 0.6) is 0 Å². The Morgan fingerprint density at radius 3 is 1.00 bits per heavy atom. The largest absolute Gasteiger partial charge is 0.481 e. The molecule has 0 aromatic heterocycles. The molecule has 0 fully saturated rings. The number of carboxylic acid groups (broad SMARTS) is 1. The molecule has 25 heavy (non-hydrogen) atoms. The van der Waals surface area contributed by atoms with E-state index >= 15 is 0 Å². The van der Waals surface area contributed by atoms with E-state index in [9.17, 15) is 4.79 Å². The molecule has 3 heteroatoms. The quantitative estimate of drug-likeness (QED) is 0.175. The predicted octanol–water partition coefficient (Wildman–Crippen LogP) is 7.51. The molecule has 2 nitrogen and oxygen atoms in total. The first-order chi connectivity index (χ1) is 11.8. The molecule has 0 saturated carbocycles. The normalized spacial score (nSPS) is 10.6. The van der Waals surface area contributed by atoms with Crippen LogP contribution in [0, 0.1) is 0 Å². The first-order valence-corrected chi connectivity index (χ1v) is 11.0. The van der Waals surface area contributed by atoms with E-state index in [-0.39, 0.29) is 51.4 Å². The maximum atomic E-state index is 10.4. The molecule has 0 spiro atoms. The van der Waals surface area contributed by atoms with Gasteiger partial charge in [-0.1, -0.05) is 122 Å². The van der Waals surface area contributed by atoms with Crippen LogP contribution < -0.4 is 0 Å². The van der Waals surface area contributed by atoms with Crippen molar-refractivity contribution in [2.45, 2.75) is 135 Å². The molecule has 0 rings (SSSR count). The van der Waals surface area contributed by atoms with Gasteiger partial charge >= 0.3 is 5.97 Å². The minimum atomic E-state index is -0.651. The molecule has 0 heterocycles. The Balaban J connectivity index is 0. The first kappa shape index (κ1) is 28.3. The van der Waals surface area contributed by atoms with Crippen LogP contribution in [0.1, 0.15) is 135 Å². The Hall–Kier alpha value is 1.11. The van der Waals surface area contributed by atoms with E-state index in [1.54, 1.807) is 0 Å². The summed E-state index contributed by atoms with van der Waals surface area (Å²) in [6.07, 6.45) is 26.1. The van der Waals surface area contributed by atoms with Gasteiger partial charge in [0.25, 0.3) is 0 Å². The van der Waals surface area contributed by atoms with Crippen molar-refractivity contribution in [2.24, 2.45) is 0 Å². The third kappa shape index (κ3) is 27.4. The second-order valence-corrected chi connectivity index (χ2v) is 7.51. The van der Waals surface area contributed by atoms with Crippen LogP contribution in [0.3, 0.4) is 0 Å². The fourth-order valence-corrected chi connectivity index (χ4v) is 3.35. The number of carboxylic acids is 1. The molecule has 1 N–H and O–H groups in total. The van der Waals surface area contributed by atoms with E-state index in [1.165, 1.54) is 109 Å². The van der Waals surface area contributed by atoms with E-state index < -0.39 is 5.97 Å². The van der Waals surface area contributed by atoms with Crippen molar-refractivity contribution < 1.29 is 9.90 Å². The standard InChI is InChI=1S/C22H44O2.K/c1-2-3-4-5-6-7-8-9-10-11-12-13-14-15-16-17-18-19-20-21-22(23)24;/h2-21H2,1H3,(H,23,24);. The Morgan fingerprint density at radius 2 is 0.760 bits per heavy atom. The molecule has 0 saturated heterocycles. The summed E-state index contributed by atoms with van der Waals surface area (Å²) in [6, 6.07) is 0. The van der Waals surface area contributed by atoms with Gasteiger partial charge in [0.1, 0.15) is 0 Å². The molecule has 0 aliphatic rings. The van der Waals surface area contributed by atoms with E-state index in [4.69, 9.17) is 5.11 Å². The molecular weight excluding hydrogens is 335 g/mol. The number of hydrogen-bond donors (Lipinski definition) is 1. The van der Waals surface area contributed by atoms with Crippen LogP contribution >= 0.6 is 0 Å². The van der Waals surface area contributed by atoms with Crippen molar-refractivity contribution >= 4 is 57.4 Å².